The van der Waals surface area contributed by atoms with E-state index >= 15 is 0 Å². The lowest BCUT2D eigenvalue weighted by molar-refractivity contribution is 0.520. The zero-order chi connectivity index (χ0) is 12.2. The van der Waals surface area contributed by atoms with Crippen LogP contribution in [0.2, 0.25) is 0 Å². The quantitative estimate of drug-likeness (QED) is 0.918. The lowest BCUT2D eigenvalue weighted by Crippen LogP contribution is -2.25. The molecule has 1 N–H and O–H groups in total. The Morgan fingerprint density at radius 1 is 1.28 bits per heavy atom. The van der Waals surface area contributed by atoms with Crippen LogP contribution in [0.25, 0.3) is 10.7 Å². The van der Waals surface area contributed by atoms with Crippen LogP contribution >= 0.6 is 11.3 Å². The summed E-state index contributed by atoms with van der Waals surface area (Å²) in [6.07, 6.45) is 10.5. The maximum Gasteiger partial charge on any atom is 0.143 e. The van der Waals surface area contributed by atoms with E-state index in [1.165, 1.54) is 25.7 Å². The van der Waals surface area contributed by atoms with E-state index in [0.717, 1.165) is 22.9 Å². The zero-order valence-electron chi connectivity index (χ0n) is 10.2. The molecule has 1 saturated carbocycles. The van der Waals surface area contributed by atoms with Crippen molar-refractivity contribution in [1.82, 2.24) is 20.3 Å². The lowest BCUT2D eigenvalue weighted by atomic mass is 10.2. The van der Waals surface area contributed by atoms with Crippen LogP contribution in [0.15, 0.2) is 24.0 Å². The molecule has 4 nitrogen and oxygen atoms in total. The Hall–Kier alpha value is -1.33. The van der Waals surface area contributed by atoms with Crippen molar-refractivity contribution < 1.29 is 0 Å². The fourth-order valence-corrected chi connectivity index (χ4v) is 3.07. The minimum Gasteiger partial charge on any atom is -0.308 e. The van der Waals surface area contributed by atoms with Crippen LogP contribution in [0.5, 0.6) is 0 Å². The molecule has 3 rings (SSSR count). The normalized spacial score (nSPS) is 16.2. The van der Waals surface area contributed by atoms with Crippen molar-refractivity contribution in [2.75, 3.05) is 0 Å². The van der Waals surface area contributed by atoms with Gasteiger partial charge in [0.05, 0.1) is 11.9 Å². The molecule has 5 heteroatoms. The van der Waals surface area contributed by atoms with Gasteiger partial charge in [-0.25, -0.2) is 4.98 Å². The second-order valence-electron chi connectivity index (χ2n) is 4.60. The molecule has 1 aliphatic carbocycles. The number of rotatable bonds is 4. The van der Waals surface area contributed by atoms with Crippen LogP contribution in [-0.4, -0.2) is 21.0 Å². The van der Waals surface area contributed by atoms with Gasteiger partial charge in [0.25, 0.3) is 0 Å². The molecular formula is C13H16N4S. The highest BCUT2D eigenvalue weighted by Gasteiger charge is 2.14. The fourth-order valence-electron chi connectivity index (χ4n) is 2.29. The average molecular weight is 260 g/mol. The van der Waals surface area contributed by atoms with Crippen LogP contribution in [0.4, 0.5) is 0 Å². The molecule has 2 aromatic heterocycles. The van der Waals surface area contributed by atoms with E-state index in [2.05, 4.69) is 25.6 Å². The molecule has 18 heavy (non-hydrogen) atoms. The van der Waals surface area contributed by atoms with E-state index in [-0.39, 0.29) is 0 Å². The van der Waals surface area contributed by atoms with E-state index in [1.807, 2.05) is 0 Å². The first-order chi connectivity index (χ1) is 8.92. The molecule has 1 fully saturated rings. The Bertz CT molecular complexity index is 491. The highest BCUT2D eigenvalue weighted by molar-refractivity contribution is 7.13. The average Bonchev–Trinajstić information content (AvgIpc) is 3.09. The van der Waals surface area contributed by atoms with Gasteiger partial charge in [0.2, 0.25) is 0 Å². The summed E-state index contributed by atoms with van der Waals surface area (Å²) in [6, 6.07) is 0.687. The van der Waals surface area contributed by atoms with Gasteiger partial charge in [0.1, 0.15) is 10.7 Å². The molecule has 0 spiro atoms. The van der Waals surface area contributed by atoms with E-state index in [4.69, 9.17) is 0 Å². The summed E-state index contributed by atoms with van der Waals surface area (Å²) in [6.45, 7) is 0.863. The number of thiazole rings is 1. The summed E-state index contributed by atoms with van der Waals surface area (Å²) in [5.74, 6) is 0. The minimum atomic E-state index is 0.687. The van der Waals surface area contributed by atoms with Crippen LogP contribution in [0.3, 0.4) is 0 Å². The first-order valence-corrected chi connectivity index (χ1v) is 7.24. The van der Waals surface area contributed by atoms with Crippen molar-refractivity contribution in [1.29, 1.82) is 0 Å². The molecule has 0 atom stereocenters. The predicted molar refractivity (Wildman–Crippen MR) is 72.2 cm³/mol. The second kappa shape index (κ2) is 5.54. The second-order valence-corrected chi connectivity index (χ2v) is 5.46. The number of nitrogens with zero attached hydrogens (tertiary/aromatic N) is 3. The molecule has 1 aliphatic rings. The number of hydrogen-bond donors (Lipinski definition) is 1. The summed E-state index contributed by atoms with van der Waals surface area (Å²) in [4.78, 5) is 12.9. The molecule has 0 amide bonds. The lowest BCUT2D eigenvalue weighted by Gasteiger charge is -2.09. The Morgan fingerprint density at radius 3 is 2.94 bits per heavy atom. The summed E-state index contributed by atoms with van der Waals surface area (Å²) in [5.41, 5.74) is 1.96. The van der Waals surface area contributed by atoms with Gasteiger partial charge in [-0.05, 0) is 12.8 Å². The summed E-state index contributed by atoms with van der Waals surface area (Å²) in [5, 5.41) is 6.62. The molecule has 0 radical (unpaired) electrons. The molecule has 0 bridgehead atoms. The predicted octanol–water partition coefficient (Wildman–Crippen LogP) is 2.63. The molecule has 0 saturated heterocycles. The third kappa shape index (κ3) is 2.73. The molecule has 0 aromatic carbocycles. The van der Waals surface area contributed by atoms with Crippen molar-refractivity contribution in [3.8, 4) is 10.7 Å². The van der Waals surface area contributed by atoms with Crippen LogP contribution in [0, 0.1) is 0 Å². The Balaban J connectivity index is 1.63. The van der Waals surface area contributed by atoms with Crippen LogP contribution in [-0.2, 0) is 6.54 Å². The van der Waals surface area contributed by atoms with E-state index in [0.29, 0.717) is 6.04 Å². The van der Waals surface area contributed by atoms with Crippen molar-refractivity contribution >= 4 is 11.3 Å². The van der Waals surface area contributed by atoms with Crippen LogP contribution < -0.4 is 5.32 Å². The summed E-state index contributed by atoms with van der Waals surface area (Å²) >= 11 is 1.63. The molecule has 2 heterocycles. The first kappa shape index (κ1) is 11.7. The summed E-state index contributed by atoms with van der Waals surface area (Å²) in [7, 11) is 0. The van der Waals surface area contributed by atoms with Gasteiger partial charge < -0.3 is 5.32 Å². The van der Waals surface area contributed by atoms with Crippen molar-refractivity contribution in [3.63, 3.8) is 0 Å². The highest BCUT2D eigenvalue weighted by atomic mass is 32.1. The third-order valence-electron chi connectivity index (χ3n) is 3.26. The van der Waals surface area contributed by atoms with Gasteiger partial charge in [-0.2, -0.15) is 0 Å². The van der Waals surface area contributed by atoms with E-state index in [1.54, 1.807) is 29.9 Å². The summed E-state index contributed by atoms with van der Waals surface area (Å²) < 4.78 is 0. The molecule has 0 aliphatic heterocycles. The van der Waals surface area contributed by atoms with Gasteiger partial charge >= 0.3 is 0 Å². The third-order valence-corrected chi connectivity index (χ3v) is 4.17. The van der Waals surface area contributed by atoms with E-state index < -0.39 is 0 Å². The van der Waals surface area contributed by atoms with Gasteiger partial charge in [-0.15, -0.1) is 11.3 Å². The molecule has 2 aromatic rings. The monoisotopic (exact) mass is 260 g/mol. The van der Waals surface area contributed by atoms with Gasteiger partial charge in [-0.1, -0.05) is 12.8 Å². The van der Waals surface area contributed by atoms with Gasteiger partial charge in [-0.3, -0.25) is 9.97 Å². The van der Waals surface area contributed by atoms with Crippen molar-refractivity contribution in [2.45, 2.75) is 38.3 Å². The van der Waals surface area contributed by atoms with E-state index in [9.17, 15) is 0 Å². The van der Waals surface area contributed by atoms with Gasteiger partial charge in [0, 0.05) is 30.4 Å². The maximum absolute atomic E-state index is 4.59. The standard InChI is InChI=1S/C13H16N4S/c1-2-4-10(3-1)16-7-11-9-18-13(17-11)12-8-14-5-6-15-12/h5-6,8-10,16H,1-4,7H2. The minimum absolute atomic E-state index is 0.687. The maximum atomic E-state index is 4.59. The zero-order valence-corrected chi connectivity index (χ0v) is 11.0. The Labute approximate surface area is 111 Å². The van der Waals surface area contributed by atoms with Crippen LogP contribution in [0.1, 0.15) is 31.4 Å². The molecular weight excluding hydrogens is 244 g/mol. The first-order valence-electron chi connectivity index (χ1n) is 6.36. The SMILES string of the molecule is c1cnc(-c2nc(CNC3CCCC3)cs2)cn1. The van der Waals surface area contributed by atoms with Gasteiger partial charge in [0.15, 0.2) is 0 Å². The van der Waals surface area contributed by atoms with Crippen molar-refractivity contribution in [2.24, 2.45) is 0 Å². The number of aromatic nitrogens is 3. The smallest absolute Gasteiger partial charge is 0.143 e. The highest BCUT2D eigenvalue weighted by Crippen LogP contribution is 2.22. The number of nitrogens with one attached hydrogen (secondary N) is 1. The number of hydrogen-bond acceptors (Lipinski definition) is 5. The Morgan fingerprint density at radius 2 is 2.17 bits per heavy atom. The fraction of sp³-hybridized carbons (Fsp3) is 0.462. The molecule has 0 unspecified atom stereocenters. The molecule has 94 valence electrons. The van der Waals surface area contributed by atoms with Crippen molar-refractivity contribution in [3.05, 3.63) is 29.7 Å². The Kier molecular flexibility index (Phi) is 3.61. The largest absolute Gasteiger partial charge is 0.308 e. The topological polar surface area (TPSA) is 50.7 Å².